The van der Waals surface area contributed by atoms with Gasteiger partial charge in [0.15, 0.2) is 5.78 Å². The van der Waals surface area contributed by atoms with E-state index >= 15 is 0 Å². The maximum Gasteiger partial charge on any atom is 0.389 e. The molecule has 2 aromatic heterocycles. The molecule has 0 atom stereocenters. The van der Waals surface area contributed by atoms with E-state index in [-0.39, 0.29) is 12.2 Å². The van der Waals surface area contributed by atoms with Gasteiger partial charge in [-0.15, -0.1) is 11.3 Å². The van der Waals surface area contributed by atoms with Crippen molar-refractivity contribution in [1.82, 2.24) is 14.9 Å². The number of aryl methyl sites for hydroxylation is 2. The number of carbonyl (C=O) groups excluding carboxylic acids is 1. The molecule has 4 rings (SSSR count). The second-order valence-electron chi connectivity index (χ2n) is 9.56. The Labute approximate surface area is 197 Å². The minimum Gasteiger partial charge on any atom is -0.297 e. The molecule has 0 spiro atoms. The third-order valence-electron chi connectivity index (χ3n) is 7.07. The van der Waals surface area contributed by atoms with Crippen LogP contribution in [-0.4, -0.2) is 39.9 Å². The number of Topliss-reactive ketones (excluding diaryl/α,β-unsaturated/α-hetero) is 1. The van der Waals surface area contributed by atoms with Gasteiger partial charge < -0.3 is 0 Å². The first-order chi connectivity index (χ1) is 15.8. The van der Waals surface area contributed by atoms with Gasteiger partial charge >= 0.3 is 6.18 Å². The standard InChI is InChI=1S/C25H32F3N3OS/c1-17-20(3-2-12-29-17)22(32)15-19-6-4-18(5-7-19)9-13-31-14-10-23-21(16-31)30-24(33-23)8-11-25(26,27)28/h2-3,12,18-19H,4-11,13-16H2,1H3. The highest BCUT2D eigenvalue weighted by molar-refractivity contribution is 7.11. The van der Waals surface area contributed by atoms with Crippen LogP contribution in [0.3, 0.4) is 0 Å². The van der Waals surface area contributed by atoms with Crippen molar-refractivity contribution in [2.45, 2.75) is 77.4 Å². The molecule has 0 aromatic carbocycles. The third-order valence-corrected chi connectivity index (χ3v) is 8.29. The lowest BCUT2D eigenvalue weighted by Crippen LogP contribution is -2.32. The molecule has 1 aliphatic carbocycles. The van der Waals surface area contributed by atoms with Crippen LogP contribution in [-0.2, 0) is 19.4 Å². The molecule has 3 heterocycles. The molecule has 1 fully saturated rings. The Morgan fingerprint density at radius 2 is 1.97 bits per heavy atom. The Morgan fingerprint density at radius 1 is 1.21 bits per heavy atom. The average Bonchev–Trinajstić information content (AvgIpc) is 3.19. The molecule has 2 aliphatic rings. The van der Waals surface area contributed by atoms with Gasteiger partial charge in [-0.3, -0.25) is 14.7 Å². The molecular weight excluding hydrogens is 447 g/mol. The van der Waals surface area contributed by atoms with Crippen LogP contribution >= 0.6 is 11.3 Å². The molecule has 0 unspecified atom stereocenters. The number of ketones is 1. The summed E-state index contributed by atoms with van der Waals surface area (Å²) in [7, 11) is 0. The largest absolute Gasteiger partial charge is 0.389 e. The lowest BCUT2D eigenvalue weighted by molar-refractivity contribution is -0.134. The van der Waals surface area contributed by atoms with Gasteiger partial charge in [0.2, 0.25) is 0 Å². The summed E-state index contributed by atoms with van der Waals surface area (Å²) in [6.07, 6.45) is 4.00. The van der Waals surface area contributed by atoms with E-state index in [9.17, 15) is 18.0 Å². The van der Waals surface area contributed by atoms with Crippen LogP contribution in [0.4, 0.5) is 13.2 Å². The van der Waals surface area contributed by atoms with Crippen molar-refractivity contribution in [2.24, 2.45) is 11.8 Å². The lowest BCUT2D eigenvalue weighted by atomic mass is 9.78. The number of fused-ring (bicyclic) bond motifs is 1. The molecule has 0 amide bonds. The zero-order valence-corrected chi connectivity index (χ0v) is 20.0. The summed E-state index contributed by atoms with van der Waals surface area (Å²) < 4.78 is 37.5. The van der Waals surface area contributed by atoms with Gasteiger partial charge in [-0.2, -0.15) is 13.2 Å². The van der Waals surface area contributed by atoms with E-state index in [0.717, 1.165) is 67.1 Å². The third kappa shape index (κ3) is 6.85. The Morgan fingerprint density at radius 3 is 2.70 bits per heavy atom. The van der Waals surface area contributed by atoms with Crippen molar-refractivity contribution in [3.05, 3.63) is 45.2 Å². The zero-order chi connectivity index (χ0) is 23.4. The van der Waals surface area contributed by atoms with Crippen LogP contribution in [0, 0.1) is 18.8 Å². The Balaban J connectivity index is 1.18. The van der Waals surface area contributed by atoms with Crippen molar-refractivity contribution in [2.75, 3.05) is 13.1 Å². The van der Waals surface area contributed by atoms with Gasteiger partial charge in [0.1, 0.15) is 0 Å². The molecule has 1 aliphatic heterocycles. The van der Waals surface area contributed by atoms with E-state index < -0.39 is 12.6 Å². The van der Waals surface area contributed by atoms with Gasteiger partial charge in [0.05, 0.1) is 10.7 Å². The summed E-state index contributed by atoms with van der Waals surface area (Å²) in [5.74, 6) is 1.37. The molecule has 4 nitrogen and oxygen atoms in total. The number of hydrogen-bond donors (Lipinski definition) is 0. The van der Waals surface area contributed by atoms with Crippen molar-refractivity contribution >= 4 is 17.1 Å². The van der Waals surface area contributed by atoms with Crippen LogP contribution in [0.5, 0.6) is 0 Å². The van der Waals surface area contributed by atoms with Gasteiger partial charge in [-0.05, 0) is 63.1 Å². The van der Waals surface area contributed by atoms with Crippen LogP contribution < -0.4 is 0 Å². The number of pyridine rings is 1. The van der Waals surface area contributed by atoms with E-state index in [1.54, 1.807) is 6.20 Å². The van der Waals surface area contributed by atoms with Gasteiger partial charge in [-0.1, -0.05) is 12.8 Å². The Hall–Kier alpha value is -1.80. The number of nitrogens with zero attached hydrogens (tertiary/aromatic N) is 3. The van der Waals surface area contributed by atoms with E-state index in [1.165, 1.54) is 24.2 Å². The molecule has 0 N–H and O–H groups in total. The summed E-state index contributed by atoms with van der Waals surface area (Å²) >= 11 is 1.46. The lowest BCUT2D eigenvalue weighted by Gasteiger charge is -2.31. The molecule has 33 heavy (non-hydrogen) atoms. The number of hydrogen-bond acceptors (Lipinski definition) is 5. The summed E-state index contributed by atoms with van der Waals surface area (Å²) in [4.78, 5) is 24.9. The topological polar surface area (TPSA) is 46.1 Å². The quantitative estimate of drug-likeness (QED) is 0.425. The van der Waals surface area contributed by atoms with E-state index in [1.807, 2.05) is 19.1 Å². The first kappa shape index (κ1) is 24.3. The number of alkyl halides is 3. The fourth-order valence-corrected chi connectivity index (χ4v) is 6.16. The number of carbonyl (C=O) groups is 1. The molecule has 8 heteroatoms. The fourth-order valence-electron chi connectivity index (χ4n) is 5.09. The molecule has 0 radical (unpaired) electrons. The number of rotatable bonds is 8. The molecule has 0 saturated heterocycles. The molecule has 1 saturated carbocycles. The smallest absolute Gasteiger partial charge is 0.297 e. The van der Waals surface area contributed by atoms with Crippen LogP contribution in [0.1, 0.15) is 76.6 Å². The first-order valence-electron chi connectivity index (χ1n) is 12.0. The SMILES string of the molecule is Cc1ncccc1C(=O)CC1CCC(CCN2CCc3sc(CCC(F)(F)F)nc3C2)CC1. The first-order valence-corrected chi connectivity index (χ1v) is 12.8. The van der Waals surface area contributed by atoms with E-state index in [4.69, 9.17) is 0 Å². The molecule has 180 valence electrons. The van der Waals surface area contributed by atoms with Crippen LogP contribution in [0.2, 0.25) is 0 Å². The van der Waals surface area contributed by atoms with E-state index in [2.05, 4.69) is 14.9 Å². The van der Waals surface area contributed by atoms with Crippen molar-refractivity contribution < 1.29 is 18.0 Å². The highest BCUT2D eigenvalue weighted by Crippen LogP contribution is 2.34. The highest BCUT2D eigenvalue weighted by atomic mass is 32.1. The maximum absolute atomic E-state index is 12.6. The average molecular weight is 480 g/mol. The predicted octanol–water partition coefficient (Wildman–Crippen LogP) is 6.17. The van der Waals surface area contributed by atoms with Crippen LogP contribution in [0.25, 0.3) is 0 Å². The summed E-state index contributed by atoms with van der Waals surface area (Å²) in [6, 6.07) is 3.71. The van der Waals surface area contributed by atoms with Crippen molar-refractivity contribution in [3.63, 3.8) is 0 Å². The summed E-state index contributed by atoms with van der Waals surface area (Å²) in [5, 5.41) is 0.619. The van der Waals surface area contributed by atoms with Gasteiger partial charge in [0, 0.05) is 54.7 Å². The Bertz CT molecular complexity index is 951. The van der Waals surface area contributed by atoms with Gasteiger partial charge in [0.25, 0.3) is 0 Å². The van der Waals surface area contributed by atoms with Crippen molar-refractivity contribution in [3.8, 4) is 0 Å². The number of aromatic nitrogens is 2. The minimum absolute atomic E-state index is 0.00668. The second kappa shape index (κ2) is 10.6. The van der Waals surface area contributed by atoms with Gasteiger partial charge in [-0.25, -0.2) is 4.98 Å². The monoisotopic (exact) mass is 479 g/mol. The molecule has 2 aromatic rings. The highest BCUT2D eigenvalue weighted by Gasteiger charge is 2.29. The van der Waals surface area contributed by atoms with Crippen molar-refractivity contribution in [1.29, 1.82) is 0 Å². The number of halogens is 3. The summed E-state index contributed by atoms with van der Waals surface area (Å²) in [5.41, 5.74) is 2.55. The van der Waals surface area contributed by atoms with Crippen LogP contribution in [0.15, 0.2) is 18.3 Å². The van der Waals surface area contributed by atoms with E-state index in [0.29, 0.717) is 23.3 Å². The second-order valence-corrected chi connectivity index (χ2v) is 10.7. The molecule has 0 bridgehead atoms. The number of thiazole rings is 1. The normalized spacial score (nSPS) is 21.7. The predicted molar refractivity (Wildman–Crippen MR) is 123 cm³/mol. The zero-order valence-electron chi connectivity index (χ0n) is 19.2. The minimum atomic E-state index is -4.12. The fraction of sp³-hybridized carbons (Fsp3) is 0.640. The molecular formula is C25H32F3N3OS. The Kier molecular flexibility index (Phi) is 7.84. The maximum atomic E-state index is 12.6. The summed E-state index contributed by atoms with van der Waals surface area (Å²) in [6.45, 7) is 4.62.